The zero-order chi connectivity index (χ0) is 27.3. The number of allylic oxidation sites excluding steroid dienone is 1. The lowest BCUT2D eigenvalue weighted by Gasteiger charge is -2.20. The Kier molecular flexibility index (Phi) is 4.99. The summed E-state index contributed by atoms with van der Waals surface area (Å²) in [6.07, 6.45) is 2.74. The van der Waals surface area contributed by atoms with Crippen molar-refractivity contribution < 1.29 is 4.39 Å². The molecule has 1 saturated carbocycles. The van der Waals surface area contributed by atoms with Gasteiger partial charge in [-0.05, 0) is 49.1 Å². The molecule has 40 heavy (non-hydrogen) atoms. The lowest BCUT2D eigenvalue weighted by atomic mass is 9.96. The first-order valence-electron chi connectivity index (χ1n) is 12.8. The maximum atomic E-state index is 15.4. The second-order valence-electron chi connectivity index (χ2n) is 10.4. The van der Waals surface area contributed by atoms with Gasteiger partial charge in [0.1, 0.15) is 5.82 Å². The van der Waals surface area contributed by atoms with Gasteiger partial charge in [-0.15, -0.1) is 5.10 Å². The van der Waals surface area contributed by atoms with Gasteiger partial charge in [-0.25, -0.2) is 14.7 Å². The van der Waals surface area contributed by atoms with Crippen molar-refractivity contribution in [3.05, 3.63) is 97.8 Å². The molecule has 9 nitrogen and oxygen atoms in total. The van der Waals surface area contributed by atoms with Crippen molar-refractivity contribution in [1.82, 2.24) is 34.7 Å². The molecule has 1 aliphatic carbocycles. The van der Waals surface area contributed by atoms with Gasteiger partial charge in [0.05, 0.1) is 34.8 Å². The number of rotatable bonds is 4. The highest BCUT2D eigenvalue weighted by Crippen LogP contribution is 2.61. The van der Waals surface area contributed by atoms with Crippen molar-refractivity contribution in [3.8, 4) is 16.9 Å². The molecule has 1 N–H and O–H groups in total. The summed E-state index contributed by atoms with van der Waals surface area (Å²) in [5.41, 5.74) is 5.23. The van der Waals surface area contributed by atoms with E-state index in [0.29, 0.717) is 45.5 Å². The van der Waals surface area contributed by atoms with Crippen LogP contribution in [-0.4, -0.2) is 40.5 Å². The van der Waals surface area contributed by atoms with E-state index in [1.807, 2.05) is 25.1 Å². The van der Waals surface area contributed by atoms with Crippen molar-refractivity contribution in [1.29, 1.82) is 0 Å². The van der Waals surface area contributed by atoms with Crippen LogP contribution in [0.25, 0.3) is 27.8 Å². The fraction of sp³-hybridized carbons (Fsp3) is 0.214. The molecule has 2 aromatic carbocycles. The summed E-state index contributed by atoms with van der Waals surface area (Å²) in [5.74, 6) is 0.319. The molecular weight excluding hydrogens is 554 g/mol. The minimum Gasteiger partial charge on any atom is -0.289 e. The van der Waals surface area contributed by atoms with E-state index >= 15 is 4.39 Å². The lowest BCUT2D eigenvalue weighted by molar-refractivity contribution is 0.493. The maximum Gasteiger partial charge on any atom is 0.254 e. The summed E-state index contributed by atoms with van der Waals surface area (Å²) in [4.78, 5) is 22.8. The Bertz CT molecular complexity index is 2020. The molecule has 12 heteroatoms. The average molecular weight is 573 g/mol. The molecule has 1 fully saturated rings. The van der Waals surface area contributed by atoms with Crippen molar-refractivity contribution in [2.45, 2.75) is 31.7 Å². The molecule has 0 radical (unpaired) electrons. The number of hydrogen-bond acceptors (Lipinski definition) is 6. The van der Waals surface area contributed by atoms with Crippen LogP contribution in [0.15, 0.2) is 70.0 Å². The first-order chi connectivity index (χ1) is 19.4. The van der Waals surface area contributed by atoms with E-state index in [0.717, 1.165) is 28.6 Å². The van der Waals surface area contributed by atoms with Crippen LogP contribution in [0.1, 0.15) is 41.9 Å². The fourth-order valence-electron chi connectivity index (χ4n) is 6.13. The van der Waals surface area contributed by atoms with Gasteiger partial charge in [0, 0.05) is 45.6 Å². The van der Waals surface area contributed by atoms with Crippen LogP contribution in [0.3, 0.4) is 0 Å². The number of benzene rings is 2. The largest absolute Gasteiger partial charge is 0.289 e. The topological polar surface area (TPSA) is 107 Å². The van der Waals surface area contributed by atoms with E-state index in [-0.39, 0.29) is 22.5 Å². The van der Waals surface area contributed by atoms with Gasteiger partial charge in [-0.2, -0.15) is 9.49 Å². The minimum atomic E-state index is -0.520. The summed E-state index contributed by atoms with van der Waals surface area (Å²) >= 11 is 12.3. The molecule has 0 spiro atoms. The Morgan fingerprint density at radius 1 is 1.12 bits per heavy atom. The summed E-state index contributed by atoms with van der Waals surface area (Å²) in [6, 6.07) is 12.1. The molecule has 0 saturated heterocycles. The number of halogens is 3. The van der Waals surface area contributed by atoms with Crippen molar-refractivity contribution in [2.24, 2.45) is 10.9 Å². The zero-order valence-corrected chi connectivity index (χ0v) is 22.4. The van der Waals surface area contributed by atoms with Crippen LogP contribution in [0, 0.1) is 12.8 Å². The molecule has 0 amide bonds. The molecule has 3 unspecified atom stereocenters. The number of aromatic amines is 1. The summed E-state index contributed by atoms with van der Waals surface area (Å²) in [6.45, 7) is 1.96. The number of hydrogen-bond donors (Lipinski definition) is 1. The second kappa shape index (κ2) is 8.42. The Morgan fingerprint density at radius 2 is 2.00 bits per heavy atom. The van der Waals surface area contributed by atoms with Gasteiger partial charge < -0.3 is 0 Å². The summed E-state index contributed by atoms with van der Waals surface area (Å²) < 4.78 is 18.6. The molecule has 8 rings (SSSR count). The predicted octanol–water partition coefficient (Wildman–Crippen LogP) is 5.71. The number of fused-ring (bicyclic) bond motifs is 4. The van der Waals surface area contributed by atoms with Gasteiger partial charge in [0.25, 0.3) is 5.56 Å². The van der Waals surface area contributed by atoms with Gasteiger partial charge >= 0.3 is 0 Å². The van der Waals surface area contributed by atoms with E-state index in [1.165, 1.54) is 10.7 Å². The van der Waals surface area contributed by atoms with Gasteiger partial charge in [-0.3, -0.25) is 14.5 Å². The van der Waals surface area contributed by atoms with Crippen molar-refractivity contribution in [3.63, 3.8) is 0 Å². The SMILES string of the molecule is Cc1[nH]nc2cc(C3=NC(F)=C(C4C5CC5c5nc(-c6cc(Cl)ccc6-n6cc(Cl)nn6)cc(=O)n54)C3)ccc12. The standard InChI is InChI=1S/C28H19Cl2FN8O/c1-12-15-4-2-13(6-22(15)35-34-12)20-9-19(27(31)32-20)26-16-8-17(16)28-33-21(10-25(40)39(26)28)18-7-14(29)3-5-23(18)38-11-24(30)36-37-38/h2-7,10-11,16-17,26H,8-9H2,1H3,(H,34,35). The number of aliphatic imine (C=N–C) groups is 1. The van der Waals surface area contributed by atoms with Crippen LogP contribution in [0.5, 0.6) is 0 Å². The van der Waals surface area contributed by atoms with Gasteiger partial charge in [0.2, 0.25) is 5.95 Å². The summed E-state index contributed by atoms with van der Waals surface area (Å²) in [7, 11) is 0. The van der Waals surface area contributed by atoms with E-state index in [9.17, 15) is 4.79 Å². The smallest absolute Gasteiger partial charge is 0.254 e. The third-order valence-electron chi connectivity index (χ3n) is 8.07. The van der Waals surface area contributed by atoms with Crippen molar-refractivity contribution in [2.75, 3.05) is 0 Å². The molecule has 3 aliphatic rings. The van der Waals surface area contributed by atoms with E-state index in [4.69, 9.17) is 28.2 Å². The third-order valence-corrected chi connectivity index (χ3v) is 8.48. The van der Waals surface area contributed by atoms with Crippen LogP contribution in [-0.2, 0) is 0 Å². The molecule has 0 bridgehead atoms. The highest BCUT2D eigenvalue weighted by atomic mass is 35.5. The molecule has 5 heterocycles. The number of nitrogens with zero attached hydrogens (tertiary/aromatic N) is 7. The number of aryl methyl sites for hydroxylation is 1. The number of H-pyrrole nitrogens is 1. The molecule has 2 aliphatic heterocycles. The highest BCUT2D eigenvalue weighted by molar-refractivity contribution is 6.31. The first kappa shape index (κ1) is 23.7. The monoisotopic (exact) mass is 572 g/mol. The van der Waals surface area contributed by atoms with Crippen LogP contribution < -0.4 is 5.56 Å². The molecule has 198 valence electrons. The fourth-order valence-corrected chi connectivity index (χ4v) is 6.43. The maximum absolute atomic E-state index is 15.4. The first-order valence-corrected chi connectivity index (χ1v) is 13.5. The number of aromatic nitrogens is 7. The Morgan fingerprint density at radius 3 is 2.83 bits per heavy atom. The minimum absolute atomic E-state index is 0.0776. The van der Waals surface area contributed by atoms with Gasteiger partial charge in [0.15, 0.2) is 5.15 Å². The molecular formula is C28H19Cl2FN8O. The second-order valence-corrected chi connectivity index (χ2v) is 11.3. The summed E-state index contributed by atoms with van der Waals surface area (Å²) in [5, 5.41) is 17.0. The molecule has 3 aromatic heterocycles. The quantitative estimate of drug-likeness (QED) is 0.277. The molecule has 5 aromatic rings. The van der Waals surface area contributed by atoms with E-state index in [1.54, 1.807) is 29.0 Å². The van der Waals surface area contributed by atoms with Gasteiger partial charge in [-0.1, -0.05) is 40.5 Å². The van der Waals surface area contributed by atoms with Crippen LogP contribution >= 0.6 is 23.2 Å². The Balaban J connectivity index is 1.16. The van der Waals surface area contributed by atoms with Crippen LogP contribution in [0.4, 0.5) is 4.39 Å². The highest BCUT2D eigenvalue weighted by Gasteiger charge is 2.56. The molecule has 3 atom stereocenters. The Labute approximate surface area is 236 Å². The lowest BCUT2D eigenvalue weighted by Crippen LogP contribution is -2.27. The Hall–Kier alpha value is -4.15. The normalized spacial score (nSPS) is 21.2. The van der Waals surface area contributed by atoms with Crippen LogP contribution in [0.2, 0.25) is 10.2 Å². The predicted molar refractivity (Wildman–Crippen MR) is 149 cm³/mol. The zero-order valence-electron chi connectivity index (χ0n) is 20.9. The third kappa shape index (κ3) is 3.52. The van der Waals surface area contributed by atoms with E-state index in [2.05, 4.69) is 25.5 Å². The van der Waals surface area contributed by atoms with E-state index < -0.39 is 12.0 Å². The number of nitrogens with one attached hydrogen (secondary N) is 1. The van der Waals surface area contributed by atoms with Crippen molar-refractivity contribution >= 4 is 39.8 Å². The average Bonchev–Trinajstić information content (AvgIpc) is 3.20.